The van der Waals surface area contributed by atoms with E-state index in [1.165, 1.54) is 4.31 Å². The van der Waals surface area contributed by atoms with Crippen LogP contribution in [0.2, 0.25) is 0 Å². The topological polar surface area (TPSA) is 69.6 Å². The molecule has 19 heavy (non-hydrogen) atoms. The van der Waals surface area contributed by atoms with Gasteiger partial charge in [0.2, 0.25) is 10.0 Å². The summed E-state index contributed by atoms with van der Waals surface area (Å²) in [6, 6.07) is 6.51. The van der Waals surface area contributed by atoms with Gasteiger partial charge in [-0.1, -0.05) is 0 Å². The first-order valence-corrected chi connectivity index (χ1v) is 7.78. The highest BCUT2D eigenvalue weighted by Crippen LogP contribution is 2.20. The number of aliphatic hydroxyl groups is 1. The van der Waals surface area contributed by atoms with E-state index in [0.29, 0.717) is 13.0 Å². The van der Waals surface area contributed by atoms with Gasteiger partial charge in [-0.2, -0.15) is 4.31 Å². The molecule has 0 aliphatic rings. The van der Waals surface area contributed by atoms with Gasteiger partial charge in [0, 0.05) is 31.9 Å². The Balaban J connectivity index is 3.04. The van der Waals surface area contributed by atoms with Crippen LogP contribution < -0.4 is 5.32 Å². The molecule has 0 unspecified atom stereocenters. The Hall–Kier alpha value is -1.11. The summed E-state index contributed by atoms with van der Waals surface area (Å²) in [7, 11) is -1.72. The molecule has 5 nitrogen and oxygen atoms in total. The van der Waals surface area contributed by atoms with Crippen molar-refractivity contribution in [2.24, 2.45) is 0 Å². The summed E-state index contributed by atoms with van der Waals surface area (Å²) < 4.78 is 26.4. The normalized spacial score (nSPS) is 12.1. The number of rotatable bonds is 7. The Morgan fingerprint density at radius 1 is 1.26 bits per heavy atom. The number of hydrogen-bond acceptors (Lipinski definition) is 4. The molecule has 2 N–H and O–H groups in total. The molecular weight excluding hydrogens is 264 g/mol. The van der Waals surface area contributed by atoms with Crippen LogP contribution in [0.5, 0.6) is 0 Å². The van der Waals surface area contributed by atoms with Gasteiger partial charge >= 0.3 is 0 Å². The van der Waals surface area contributed by atoms with Crippen LogP contribution in [0.15, 0.2) is 29.2 Å². The van der Waals surface area contributed by atoms with E-state index in [4.69, 9.17) is 5.11 Å². The lowest BCUT2D eigenvalue weighted by molar-refractivity contribution is 0.258. The number of benzene rings is 1. The second-order valence-electron chi connectivity index (χ2n) is 4.56. The molecule has 1 aromatic rings. The third kappa shape index (κ3) is 3.92. The molecule has 108 valence electrons. The van der Waals surface area contributed by atoms with Crippen LogP contribution in [0.25, 0.3) is 0 Å². The van der Waals surface area contributed by atoms with Gasteiger partial charge in [-0.15, -0.1) is 0 Å². The molecule has 0 radical (unpaired) electrons. The van der Waals surface area contributed by atoms with Crippen LogP contribution in [0, 0.1) is 0 Å². The average Bonchev–Trinajstić information content (AvgIpc) is 2.38. The highest BCUT2D eigenvalue weighted by molar-refractivity contribution is 7.89. The zero-order chi connectivity index (χ0) is 14.5. The summed E-state index contributed by atoms with van der Waals surface area (Å²) >= 11 is 0. The molecule has 6 heteroatoms. The summed E-state index contributed by atoms with van der Waals surface area (Å²) in [5.41, 5.74) is 0.866. The first-order chi connectivity index (χ1) is 8.93. The fourth-order valence-electron chi connectivity index (χ4n) is 1.81. The number of nitrogens with zero attached hydrogens (tertiary/aromatic N) is 1. The molecule has 0 aromatic heterocycles. The van der Waals surface area contributed by atoms with Crippen LogP contribution in [0.3, 0.4) is 0 Å². The van der Waals surface area contributed by atoms with Gasteiger partial charge in [0.25, 0.3) is 0 Å². The highest BCUT2D eigenvalue weighted by atomic mass is 32.2. The molecule has 1 aromatic carbocycles. The van der Waals surface area contributed by atoms with Gasteiger partial charge in [0.15, 0.2) is 0 Å². The molecule has 0 aliphatic carbocycles. The van der Waals surface area contributed by atoms with E-state index < -0.39 is 10.0 Å². The largest absolute Gasteiger partial charge is 0.396 e. The maximum atomic E-state index is 12.5. The van der Waals surface area contributed by atoms with E-state index in [9.17, 15) is 8.42 Å². The van der Waals surface area contributed by atoms with Gasteiger partial charge in [0.05, 0.1) is 4.90 Å². The van der Waals surface area contributed by atoms with Crippen LogP contribution in [-0.2, 0) is 10.0 Å². The van der Waals surface area contributed by atoms with Gasteiger partial charge in [-0.05, 0) is 44.5 Å². The number of hydrogen-bond donors (Lipinski definition) is 2. The molecule has 0 saturated carbocycles. The molecule has 0 heterocycles. The SMILES string of the molecule is CNc1ccc(S(=O)(=O)N(CCCO)C(C)C)cc1. The van der Waals surface area contributed by atoms with Crippen molar-refractivity contribution in [1.29, 1.82) is 0 Å². The molecule has 0 amide bonds. The monoisotopic (exact) mass is 286 g/mol. The lowest BCUT2D eigenvalue weighted by Gasteiger charge is -2.25. The number of aliphatic hydroxyl groups excluding tert-OH is 1. The van der Waals surface area contributed by atoms with E-state index in [1.807, 2.05) is 13.8 Å². The zero-order valence-electron chi connectivity index (χ0n) is 11.6. The number of nitrogens with one attached hydrogen (secondary N) is 1. The number of sulfonamides is 1. The van der Waals surface area contributed by atoms with Gasteiger partial charge in [-0.3, -0.25) is 0 Å². The van der Waals surface area contributed by atoms with Crippen molar-refractivity contribution in [3.8, 4) is 0 Å². The van der Waals surface area contributed by atoms with E-state index in [-0.39, 0.29) is 17.5 Å². The minimum Gasteiger partial charge on any atom is -0.396 e. The van der Waals surface area contributed by atoms with E-state index in [2.05, 4.69) is 5.32 Å². The predicted molar refractivity (Wildman–Crippen MR) is 76.7 cm³/mol. The Bertz CT molecular complexity index is 483. The van der Waals surface area contributed by atoms with Crippen molar-refractivity contribution < 1.29 is 13.5 Å². The smallest absolute Gasteiger partial charge is 0.243 e. The maximum Gasteiger partial charge on any atom is 0.243 e. The minimum atomic E-state index is -3.50. The Labute approximate surface area is 115 Å². The zero-order valence-corrected chi connectivity index (χ0v) is 12.4. The molecule has 0 bridgehead atoms. The Kier molecular flexibility index (Phi) is 5.78. The van der Waals surface area contributed by atoms with E-state index in [0.717, 1.165) is 5.69 Å². The quantitative estimate of drug-likeness (QED) is 0.797. The third-order valence-corrected chi connectivity index (χ3v) is 4.95. The molecule has 0 aliphatic heterocycles. The van der Waals surface area contributed by atoms with Crippen LogP contribution >= 0.6 is 0 Å². The van der Waals surface area contributed by atoms with Gasteiger partial charge < -0.3 is 10.4 Å². The fourth-order valence-corrected chi connectivity index (χ4v) is 3.49. The predicted octanol–water partition coefficient (Wildman–Crippen LogP) is 1.51. The first kappa shape index (κ1) is 15.9. The summed E-state index contributed by atoms with van der Waals surface area (Å²) in [6.07, 6.45) is 0.437. The summed E-state index contributed by atoms with van der Waals surface area (Å²) in [5, 5.41) is 11.8. The molecular formula is C13H22N2O3S. The molecule has 0 fully saturated rings. The molecule has 0 atom stereocenters. The van der Waals surface area contributed by atoms with Crippen LogP contribution in [-0.4, -0.2) is 44.1 Å². The Morgan fingerprint density at radius 2 is 1.84 bits per heavy atom. The molecule has 1 rings (SSSR count). The fraction of sp³-hybridized carbons (Fsp3) is 0.538. The Morgan fingerprint density at radius 3 is 2.26 bits per heavy atom. The first-order valence-electron chi connectivity index (χ1n) is 6.34. The van der Waals surface area contributed by atoms with E-state index in [1.54, 1.807) is 31.3 Å². The maximum absolute atomic E-state index is 12.5. The lowest BCUT2D eigenvalue weighted by atomic mass is 10.3. The number of anilines is 1. The van der Waals surface area contributed by atoms with Crippen LogP contribution in [0.1, 0.15) is 20.3 Å². The van der Waals surface area contributed by atoms with Crippen LogP contribution in [0.4, 0.5) is 5.69 Å². The van der Waals surface area contributed by atoms with Crippen molar-refractivity contribution in [2.45, 2.75) is 31.2 Å². The van der Waals surface area contributed by atoms with Crippen molar-refractivity contribution >= 4 is 15.7 Å². The summed E-state index contributed by atoms with van der Waals surface area (Å²) in [4.78, 5) is 0.276. The van der Waals surface area contributed by atoms with Crippen molar-refractivity contribution in [2.75, 3.05) is 25.5 Å². The average molecular weight is 286 g/mol. The second-order valence-corrected chi connectivity index (χ2v) is 6.45. The third-order valence-electron chi connectivity index (χ3n) is 2.86. The van der Waals surface area contributed by atoms with Gasteiger partial charge in [-0.25, -0.2) is 8.42 Å². The van der Waals surface area contributed by atoms with Crippen molar-refractivity contribution in [1.82, 2.24) is 4.31 Å². The molecule has 0 saturated heterocycles. The van der Waals surface area contributed by atoms with Crippen molar-refractivity contribution in [3.05, 3.63) is 24.3 Å². The highest BCUT2D eigenvalue weighted by Gasteiger charge is 2.26. The summed E-state index contributed by atoms with van der Waals surface area (Å²) in [6.45, 7) is 3.97. The minimum absolute atomic E-state index is 0.0164. The second kappa shape index (κ2) is 6.88. The lowest BCUT2D eigenvalue weighted by Crippen LogP contribution is -2.38. The van der Waals surface area contributed by atoms with Crippen molar-refractivity contribution in [3.63, 3.8) is 0 Å². The molecule has 0 spiro atoms. The summed E-state index contributed by atoms with van der Waals surface area (Å²) in [5.74, 6) is 0. The van der Waals surface area contributed by atoms with Gasteiger partial charge in [0.1, 0.15) is 0 Å². The van der Waals surface area contributed by atoms with E-state index >= 15 is 0 Å². The standard InChI is InChI=1S/C13H22N2O3S/c1-11(2)15(9-4-10-16)19(17,18)13-7-5-12(14-3)6-8-13/h5-8,11,14,16H,4,9-10H2,1-3H3.